The van der Waals surface area contributed by atoms with Crippen LogP contribution in [0.25, 0.3) is 0 Å². The summed E-state index contributed by atoms with van der Waals surface area (Å²) in [6.07, 6.45) is -5.67. The van der Waals surface area contributed by atoms with Crippen LogP contribution in [0.5, 0.6) is 0 Å². The number of benzene rings is 1. The maximum atomic E-state index is 13.1. The lowest BCUT2D eigenvalue weighted by Crippen LogP contribution is -2.30. The van der Waals surface area contributed by atoms with Crippen LogP contribution in [0.2, 0.25) is 0 Å². The van der Waals surface area contributed by atoms with Gasteiger partial charge in [-0.05, 0) is 29.7 Å². The summed E-state index contributed by atoms with van der Waals surface area (Å²) >= 11 is 0. The number of hydrogen-bond acceptors (Lipinski definition) is 2. The van der Waals surface area contributed by atoms with Crippen molar-refractivity contribution >= 4 is 0 Å². The molecule has 0 aromatic heterocycles. The SMILES string of the molecule is CC(C)[C@@H](O)[C@@H](N)c1cc(F)cc(C(F)(F)F)c1. The van der Waals surface area contributed by atoms with E-state index in [9.17, 15) is 22.7 Å². The molecule has 0 unspecified atom stereocenters. The van der Waals surface area contributed by atoms with E-state index < -0.39 is 29.7 Å². The number of nitrogens with two attached hydrogens (primary N) is 1. The van der Waals surface area contributed by atoms with Crippen LogP contribution in [-0.4, -0.2) is 11.2 Å². The Bertz CT molecular complexity index is 417. The molecule has 0 aliphatic carbocycles. The van der Waals surface area contributed by atoms with Crippen LogP contribution in [0.3, 0.4) is 0 Å². The van der Waals surface area contributed by atoms with Gasteiger partial charge in [0.2, 0.25) is 0 Å². The minimum Gasteiger partial charge on any atom is -0.391 e. The van der Waals surface area contributed by atoms with Gasteiger partial charge in [-0.1, -0.05) is 13.8 Å². The fourth-order valence-electron chi connectivity index (χ4n) is 1.58. The molecule has 6 heteroatoms. The average Bonchev–Trinajstić information content (AvgIpc) is 2.24. The quantitative estimate of drug-likeness (QED) is 0.825. The number of aliphatic hydroxyl groups excluding tert-OH is 1. The fraction of sp³-hybridized carbons (Fsp3) is 0.500. The first-order chi connectivity index (χ1) is 8.12. The Morgan fingerprint density at radius 2 is 1.72 bits per heavy atom. The second kappa shape index (κ2) is 5.24. The van der Waals surface area contributed by atoms with Crippen molar-refractivity contribution in [3.63, 3.8) is 0 Å². The molecule has 1 aromatic carbocycles. The summed E-state index contributed by atoms with van der Waals surface area (Å²) < 4.78 is 50.6. The van der Waals surface area contributed by atoms with E-state index in [4.69, 9.17) is 5.73 Å². The van der Waals surface area contributed by atoms with Crippen LogP contribution in [0, 0.1) is 11.7 Å². The van der Waals surface area contributed by atoms with Crippen LogP contribution in [-0.2, 0) is 6.18 Å². The van der Waals surface area contributed by atoms with Crippen molar-refractivity contribution < 1.29 is 22.7 Å². The van der Waals surface area contributed by atoms with Gasteiger partial charge in [0.25, 0.3) is 0 Å². The van der Waals surface area contributed by atoms with E-state index >= 15 is 0 Å². The standard InChI is InChI=1S/C12H15F4NO/c1-6(2)11(18)10(17)7-3-8(12(14,15)16)5-9(13)4-7/h3-6,10-11,18H,17H2,1-2H3/t10-,11+/m0/s1. The van der Waals surface area contributed by atoms with Gasteiger partial charge in [-0.25, -0.2) is 4.39 Å². The van der Waals surface area contributed by atoms with Gasteiger partial charge in [-0.2, -0.15) is 13.2 Å². The number of aliphatic hydroxyl groups is 1. The second-order valence-electron chi connectivity index (χ2n) is 4.53. The molecule has 0 bridgehead atoms. The molecule has 0 heterocycles. The highest BCUT2D eigenvalue weighted by molar-refractivity contribution is 5.29. The zero-order valence-electron chi connectivity index (χ0n) is 10.0. The van der Waals surface area contributed by atoms with Crippen molar-refractivity contribution in [3.8, 4) is 0 Å². The summed E-state index contributed by atoms with van der Waals surface area (Å²) in [5, 5.41) is 9.70. The molecule has 0 spiro atoms. The molecular weight excluding hydrogens is 250 g/mol. The molecule has 0 amide bonds. The maximum absolute atomic E-state index is 13.1. The minimum absolute atomic E-state index is 0.0662. The van der Waals surface area contributed by atoms with Gasteiger partial charge in [0.1, 0.15) is 5.82 Å². The first-order valence-corrected chi connectivity index (χ1v) is 5.44. The summed E-state index contributed by atoms with van der Waals surface area (Å²) in [5.74, 6) is -1.26. The molecule has 2 nitrogen and oxygen atoms in total. The van der Waals surface area contributed by atoms with Crippen LogP contribution in [0.15, 0.2) is 18.2 Å². The molecule has 102 valence electrons. The molecule has 0 aliphatic heterocycles. The van der Waals surface area contributed by atoms with E-state index in [1.165, 1.54) is 0 Å². The smallest absolute Gasteiger partial charge is 0.391 e. The van der Waals surface area contributed by atoms with Gasteiger partial charge in [0.15, 0.2) is 0 Å². The number of hydrogen-bond donors (Lipinski definition) is 2. The molecule has 1 rings (SSSR count). The molecule has 0 saturated carbocycles. The first-order valence-electron chi connectivity index (χ1n) is 5.44. The minimum atomic E-state index is -4.64. The zero-order valence-corrected chi connectivity index (χ0v) is 10.0. The highest BCUT2D eigenvalue weighted by Gasteiger charge is 2.32. The Morgan fingerprint density at radius 1 is 1.17 bits per heavy atom. The lowest BCUT2D eigenvalue weighted by molar-refractivity contribution is -0.137. The average molecular weight is 265 g/mol. The highest BCUT2D eigenvalue weighted by Crippen LogP contribution is 2.32. The monoisotopic (exact) mass is 265 g/mol. The van der Waals surface area contributed by atoms with Gasteiger partial charge in [-0.3, -0.25) is 0 Å². The summed E-state index contributed by atoms with van der Waals surface area (Å²) in [4.78, 5) is 0. The summed E-state index contributed by atoms with van der Waals surface area (Å²) in [6.45, 7) is 3.35. The van der Waals surface area contributed by atoms with Crippen molar-refractivity contribution in [3.05, 3.63) is 35.1 Å². The Balaban J connectivity index is 3.14. The first kappa shape index (κ1) is 14.9. The third-order valence-corrected chi connectivity index (χ3v) is 2.68. The van der Waals surface area contributed by atoms with E-state index in [1.807, 2.05) is 0 Å². The summed E-state index contributed by atoms with van der Waals surface area (Å²) in [7, 11) is 0. The van der Waals surface area contributed by atoms with E-state index in [-0.39, 0.29) is 11.5 Å². The zero-order chi connectivity index (χ0) is 14.1. The Morgan fingerprint density at radius 3 is 2.17 bits per heavy atom. The summed E-state index contributed by atoms with van der Waals surface area (Å²) in [5.41, 5.74) is 4.46. The molecule has 18 heavy (non-hydrogen) atoms. The van der Waals surface area contributed by atoms with Crippen LogP contribution in [0.1, 0.15) is 31.0 Å². The summed E-state index contributed by atoms with van der Waals surface area (Å²) in [6, 6.07) is 1.02. The Hall–Kier alpha value is -1.14. The predicted molar refractivity (Wildman–Crippen MR) is 59.2 cm³/mol. The molecule has 3 N–H and O–H groups in total. The number of alkyl halides is 3. The predicted octanol–water partition coefficient (Wildman–Crippen LogP) is 2.86. The Kier molecular flexibility index (Phi) is 4.34. The van der Waals surface area contributed by atoms with Gasteiger partial charge in [0.05, 0.1) is 17.7 Å². The van der Waals surface area contributed by atoms with E-state index in [0.717, 1.165) is 12.1 Å². The van der Waals surface area contributed by atoms with Gasteiger partial charge >= 0.3 is 6.18 Å². The van der Waals surface area contributed by atoms with Crippen molar-refractivity contribution in [1.29, 1.82) is 0 Å². The lowest BCUT2D eigenvalue weighted by atomic mass is 9.93. The van der Waals surface area contributed by atoms with Gasteiger partial charge in [-0.15, -0.1) is 0 Å². The van der Waals surface area contributed by atoms with Crippen LogP contribution >= 0.6 is 0 Å². The topological polar surface area (TPSA) is 46.2 Å². The fourth-order valence-corrected chi connectivity index (χ4v) is 1.58. The molecule has 1 aromatic rings. The van der Waals surface area contributed by atoms with Crippen molar-refractivity contribution in [1.82, 2.24) is 0 Å². The normalized spacial score (nSPS) is 15.8. The second-order valence-corrected chi connectivity index (χ2v) is 4.53. The third kappa shape index (κ3) is 3.43. The molecule has 0 saturated heterocycles. The van der Waals surface area contributed by atoms with Crippen LogP contribution in [0.4, 0.5) is 17.6 Å². The Labute approximate surface area is 102 Å². The lowest BCUT2D eigenvalue weighted by Gasteiger charge is -2.23. The third-order valence-electron chi connectivity index (χ3n) is 2.68. The van der Waals surface area contributed by atoms with Crippen molar-refractivity contribution in [2.45, 2.75) is 32.2 Å². The van der Waals surface area contributed by atoms with Gasteiger partial charge in [0, 0.05) is 0 Å². The molecule has 2 atom stereocenters. The molecule has 0 aliphatic rings. The van der Waals surface area contributed by atoms with Crippen molar-refractivity contribution in [2.75, 3.05) is 0 Å². The highest BCUT2D eigenvalue weighted by atomic mass is 19.4. The van der Waals surface area contributed by atoms with E-state index in [2.05, 4.69) is 0 Å². The molecule has 0 fully saturated rings. The van der Waals surface area contributed by atoms with Crippen LogP contribution < -0.4 is 5.73 Å². The molecule has 0 radical (unpaired) electrons. The number of rotatable bonds is 3. The maximum Gasteiger partial charge on any atom is 0.416 e. The van der Waals surface area contributed by atoms with Crippen molar-refractivity contribution in [2.24, 2.45) is 11.7 Å². The molecular formula is C12H15F4NO. The largest absolute Gasteiger partial charge is 0.416 e. The van der Waals surface area contributed by atoms with E-state index in [0.29, 0.717) is 6.07 Å². The van der Waals surface area contributed by atoms with E-state index in [1.54, 1.807) is 13.8 Å². The number of halogens is 4. The van der Waals surface area contributed by atoms with Gasteiger partial charge < -0.3 is 10.8 Å².